The lowest BCUT2D eigenvalue weighted by molar-refractivity contribution is -0.0381. The fourth-order valence-corrected chi connectivity index (χ4v) is 4.07. The SMILES string of the molecule is Oc1cccc(C2Nc3ccc(Br)cc3[C@H]3OCCC[C@@H]23)c1. The van der Waals surface area contributed by atoms with E-state index in [1.165, 1.54) is 5.56 Å². The molecule has 3 atom stereocenters. The Morgan fingerprint density at radius 3 is 2.95 bits per heavy atom. The number of halogens is 1. The van der Waals surface area contributed by atoms with Crippen molar-refractivity contribution < 1.29 is 9.84 Å². The van der Waals surface area contributed by atoms with Gasteiger partial charge >= 0.3 is 0 Å². The summed E-state index contributed by atoms with van der Waals surface area (Å²) in [7, 11) is 0. The van der Waals surface area contributed by atoms with Gasteiger partial charge in [0.15, 0.2) is 0 Å². The zero-order chi connectivity index (χ0) is 15.1. The van der Waals surface area contributed by atoms with Crippen molar-refractivity contribution in [3.63, 3.8) is 0 Å². The van der Waals surface area contributed by atoms with E-state index in [0.29, 0.717) is 11.7 Å². The average Bonchev–Trinajstić information content (AvgIpc) is 2.54. The second kappa shape index (κ2) is 5.60. The Kier molecular flexibility index (Phi) is 3.59. The third kappa shape index (κ3) is 2.40. The van der Waals surface area contributed by atoms with Crippen LogP contribution in [0.15, 0.2) is 46.9 Å². The van der Waals surface area contributed by atoms with Crippen LogP contribution in [0, 0.1) is 5.92 Å². The third-order valence-electron chi connectivity index (χ3n) is 4.66. The molecule has 0 aliphatic carbocycles. The smallest absolute Gasteiger partial charge is 0.115 e. The standard InChI is InChI=1S/C18H18BrNO2/c19-12-6-7-16-15(10-12)18-14(5-2-8-22-18)17(20-16)11-3-1-4-13(21)9-11/h1,3-4,6-7,9-10,14,17-18,20-21H,2,5,8H2/t14-,17?,18-/m0/s1. The molecule has 0 radical (unpaired) electrons. The van der Waals surface area contributed by atoms with Crippen LogP contribution in [0.1, 0.15) is 36.1 Å². The van der Waals surface area contributed by atoms with E-state index in [1.807, 2.05) is 12.1 Å². The van der Waals surface area contributed by atoms with Crippen LogP contribution >= 0.6 is 15.9 Å². The van der Waals surface area contributed by atoms with Crippen LogP contribution in [0.4, 0.5) is 5.69 Å². The van der Waals surface area contributed by atoms with Gasteiger partial charge in [0.25, 0.3) is 0 Å². The minimum Gasteiger partial charge on any atom is -0.508 e. The topological polar surface area (TPSA) is 41.5 Å². The molecule has 22 heavy (non-hydrogen) atoms. The van der Waals surface area contributed by atoms with Crippen molar-refractivity contribution in [1.29, 1.82) is 0 Å². The van der Waals surface area contributed by atoms with Crippen molar-refractivity contribution >= 4 is 21.6 Å². The molecule has 4 rings (SSSR count). The highest BCUT2D eigenvalue weighted by atomic mass is 79.9. The minimum atomic E-state index is 0.120. The lowest BCUT2D eigenvalue weighted by Gasteiger charge is -2.43. The largest absolute Gasteiger partial charge is 0.508 e. The molecule has 4 heteroatoms. The van der Waals surface area contributed by atoms with E-state index < -0.39 is 0 Å². The van der Waals surface area contributed by atoms with Gasteiger partial charge in [-0.15, -0.1) is 0 Å². The fourth-order valence-electron chi connectivity index (χ4n) is 3.69. The number of rotatable bonds is 1. The highest BCUT2D eigenvalue weighted by Crippen LogP contribution is 2.49. The molecule has 2 aliphatic heterocycles. The zero-order valence-electron chi connectivity index (χ0n) is 12.1. The summed E-state index contributed by atoms with van der Waals surface area (Å²) in [6, 6.07) is 14.0. The van der Waals surface area contributed by atoms with Gasteiger partial charge in [-0.25, -0.2) is 0 Å². The Bertz CT molecular complexity index is 703. The molecule has 0 aromatic heterocycles. The normalized spacial score (nSPS) is 26.7. The van der Waals surface area contributed by atoms with E-state index in [4.69, 9.17) is 4.74 Å². The fraction of sp³-hybridized carbons (Fsp3) is 0.333. The number of anilines is 1. The zero-order valence-corrected chi connectivity index (χ0v) is 13.7. The Morgan fingerprint density at radius 1 is 1.18 bits per heavy atom. The molecule has 1 saturated heterocycles. The van der Waals surface area contributed by atoms with Crippen LogP contribution in [0.25, 0.3) is 0 Å². The molecule has 3 nitrogen and oxygen atoms in total. The van der Waals surface area contributed by atoms with Gasteiger partial charge in [-0.3, -0.25) is 0 Å². The van der Waals surface area contributed by atoms with Gasteiger partial charge in [-0.05, 0) is 48.7 Å². The quantitative estimate of drug-likeness (QED) is 0.768. The molecule has 2 N–H and O–H groups in total. The molecule has 0 bridgehead atoms. The van der Waals surface area contributed by atoms with E-state index in [1.54, 1.807) is 6.07 Å². The first-order valence-electron chi connectivity index (χ1n) is 7.69. The Morgan fingerprint density at radius 2 is 2.09 bits per heavy atom. The highest BCUT2D eigenvalue weighted by molar-refractivity contribution is 9.10. The van der Waals surface area contributed by atoms with Gasteiger partial charge in [0.2, 0.25) is 0 Å². The van der Waals surface area contributed by atoms with Gasteiger partial charge in [-0.2, -0.15) is 0 Å². The van der Waals surface area contributed by atoms with E-state index >= 15 is 0 Å². The van der Waals surface area contributed by atoms with Crippen LogP contribution in [0.5, 0.6) is 5.75 Å². The number of phenolic OH excluding ortho intramolecular Hbond substituents is 1. The maximum absolute atomic E-state index is 9.81. The summed E-state index contributed by atoms with van der Waals surface area (Å²) in [5.74, 6) is 0.700. The summed E-state index contributed by atoms with van der Waals surface area (Å²) in [6.07, 6.45) is 2.33. The first-order chi connectivity index (χ1) is 10.7. The van der Waals surface area contributed by atoms with E-state index in [9.17, 15) is 5.11 Å². The monoisotopic (exact) mass is 359 g/mol. The van der Waals surface area contributed by atoms with E-state index in [0.717, 1.165) is 35.2 Å². The summed E-state index contributed by atoms with van der Waals surface area (Å²) in [5, 5.41) is 13.5. The second-order valence-electron chi connectivity index (χ2n) is 6.05. The number of fused-ring (bicyclic) bond motifs is 3. The van der Waals surface area contributed by atoms with Crippen LogP contribution in [-0.2, 0) is 4.74 Å². The Balaban J connectivity index is 1.79. The van der Waals surface area contributed by atoms with Crippen LogP contribution in [0.2, 0.25) is 0 Å². The maximum Gasteiger partial charge on any atom is 0.115 e. The number of phenols is 1. The van der Waals surface area contributed by atoms with Crippen LogP contribution in [-0.4, -0.2) is 11.7 Å². The van der Waals surface area contributed by atoms with Crippen molar-refractivity contribution in [2.45, 2.75) is 25.0 Å². The number of aromatic hydroxyl groups is 1. The van der Waals surface area contributed by atoms with Crippen LogP contribution < -0.4 is 5.32 Å². The number of hydrogen-bond acceptors (Lipinski definition) is 3. The van der Waals surface area contributed by atoms with Gasteiger partial charge < -0.3 is 15.2 Å². The minimum absolute atomic E-state index is 0.120. The molecule has 2 aromatic carbocycles. The summed E-state index contributed by atoms with van der Waals surface area (Å²) >= 11 is 3.56. The van der Waals surface area contributed by atoms with Gasteiger partial charge in [0.1, 0.15) is 5.75 Å². The van der Waals surface area contributed by atoms with Gasteiger partial charge in [-0.1, -0.05) is 28.1 Å². The molecule has 114 valence electrons. The van der Waals surface area contributed by atoms with Gasteiger partial charge in [0, 0.05) is 28.2 Å². The molecule has 2 heterocycles. The van der Waals surface area contributed by atoms with Crippen LogP contribution in [0.3, 0.4) is 0 Å². The van der Waals surface area contributed by atoms with Gasteiger partial charge in [0.05, 0.1) is 12.1 Å². The predicted octanol–water partition coefficient (Wildman–Crippen LogP) is 4.79. The molecule has 1 unspecified atom stereocenters. The van der Waals surface area contributed by atoms with E-state index in [-0.39, 0.29) is 12.1 Å². The molecule has 2 aliphatic rings. The lowest BCUT2D eigenvalue weighted by atomic mass is 9.77. The summed E-state index contributed by atoms with van der Waals surface area (Å²) in [6.45, 7) is 0.819. The number of nitrogens with one attached hydrogen (secondary N) is 1. The van der Waals surface area contributed by atoms with Crippen molar-refractivity contribution in [1.82, 2.24) is 0 Å². The maximum atomic E-state index is 9.81. The first kappa shape index (κ1) is 14.1. The molecule has 0 spiro atoms. The van der Waals surface area contributed by atoms with E-state index in [2.05, 4.69) is 45.5 Å². The molecule has 2 aromatic rings. The van der Waals surface area contributed by atoms with Crippen molar-refractivity contribution in [3.8, 4) is 5.75 Å². The number of hydrogen-bond donors (Lipinski definition) is 2. The Hall–Kier alpha value is -1.52. The first-order valence-corrected chi connectivity index (χ1v) is 8.48. The Labute approximate surface area is 138 Å². The average molecular weight is 360 g/mol. The summed E-state index contributed by atoms with van der Waals surface area (Å²) in [5.41, 5.74) is 3.48. The molecule has 0 amide bonds. The molecule has 1 fully saturated rings. The lowest BCUT2D eigenvalue weighted by Crippen LogP contribution is -2.35. The molecular formula is C18H18BrNO2. The third-order valence-corrected chi connectivity index (χ3v) is 5.15. The molecule has 0 saturated carbocycles. The van der Waals surface area contributed by atoms with Crippen molar-refractivity contribution in [3.05, 3.63) is 58.1 Å². The number of ether oxygens (including phenoxy) is 1. The molecular weight excluding hydrogens is 342 g/mol. The summed E-state index contributed by atoms with van der Waals surface area (Å²) < 4.78 is 7.20. The number of benzene rings is 2. The second-order valence-corrected chi connectivity index (χ2v) is 6.96. The summed E-state index contributed by atoms with van der Waals surface area (Å²) in [4.78, 5) is 0. The van der Waals surface area contributed by atoms with Crippen molar-refractivity contribution in [2.75, 3.05) is 11.9 Å². The predicted molar refractivity (Wildman–Crippen MR) is 90.0 cm³/mol. The highest BCUT2D eigenvalue weighted by Gasteiger charge is 2.39. The van der Waals surface area contributed by atoms with Crippen molar-refractivity contribution in [2.24, 2.45) is 5.92 Å².